The lowest BCUT2D eigenvalue weighted by Crippen LogP contribution is -2.15. The molecule has 3 heterocycles. The van der Waals surface area contributed by atoms with Gasteiger partial charge in [0.2, 0.25) is 11.8 Å². The summed E-state index contributed by atoms with van der Waals surface area (Å²) in [6.07, 6.45) is 2.03. The second kappa shape index (κ2) is 7.28. The standard InChI is InChI=1S/C21H19N5O3/c1-12(15-7-19(27)23-10-15)29-21-20-17(24-11-26(20)2)8-16(25-21)13-4-5-14(9-22)18(6-13)28-3/h4-6,8,11,15H,1,7,10H2,2-3H3,(H,23,27)/t15-/m1/s1. The lowest BCUT2D eigenvalue weighted by atomic mass is 10.1. The highest BCUT2D eigenvalue weighted by Crippen LogP contribution is 2.33. The van der Waals surface area contributed by atoms with Crippen molar-refractivity contribution in [3.05, 3.63) is 48.5 Å². The van der Waals surface area contributed by atoms with Gasteiger partial charge in [-0.1, -0.05) is 12.6 Å². The molecule has 3 aromatic rings. The number of ether oxygens (including phenoxy) is 2. The molecule has 0 bridgehead atoms. The molecular formula is C21H19N5O3. The number of pyridine rings is 1. The van der Waals surface area contributed by atoms with Gasteiger partial charge in [0.05, 0.1) is 30.2 Å². The van der Waals surface area contributed by atoms with Gasteiger partial charge in [-0.25, -0.2) is 9.97 Å². The molecule has 4 rings (SSSR count). The number of carbonyl (C=O) groups is 1. The van der Waals surface area contributed by atoms with Crippen molar-refractivity contribution in [1.29, 1.82) is 5.26 Å². The number of imidazole rings is 1. The van der Waals surface area contributed by atoms with Gasteiger partial charge in [-0.3, -0.25) is 4.79 Å². The first-order valence-corrected chi connectivity index (χ1v) is 9.04. The predicted octanol–water partition coefficient (Wildman–Crippen LogP) is 2.54. The largest absolute Gasteiger partial charge is 0.495 e. The Morgan fingerprint density at radius 1 is 1.41 bits per heavy atom. The van der Waals surface area contributed by atoms with Gasteiger partial charge in [0, 0.05) is 31.5 Å². The van der Waals surface area contributed by atoms with E-state index in [-0.39, 0.29) is 11.8 Å². The lowest BCUT2D eigenvalue weighted by molar-refractivity contribution is -0.119. The Labute approximate surface area is 167 Å². The molecular weight excluding hydrogens is 370 g/mol. The Morgan fingerprint density at radius 3 is 2.93 bits per heavy atom. The third-order valence-electron chi connectivity index (χ3n) is 4.94. The monoisotopic (exact) mass is 389 g/mol. The van der Waals surface area contributed by atoms with Gasteiger partial charge in [0.25, 0.3) is 0 Å². The maximum atomic E-state index is 11.5. The van der Waals surface area contributed by atoms with E-state index in [0.29, 0.717) is 47.1 Å². The van der Waals surface area contributed by atoms with Crippen LogP contribution in [0.1, 0.15) is 12.0 Å². The molecule has 1 saturated heterocycles. The maximum absolute atomic E-state index is 11.5. The zero-order valence-corrected chi connectivity index (χ0v) is 16.1. The third kappa shape index (κ3) is 3.38. The van der Waals surface area contributed by atoms with Gasteiger partial charge in [-0.2, -0.15) is 5.26 Å². The average Bonchev–Trinajstić information content (AvgIpc) is 3.33. The molecule has 0 unspecified atom stereocenters. The van der Waals surface area contributed by atoms with Crippen LogP contribution in [-0.4, -0.2) is 34.1 Å². The number of hydrogen-bond donors (Lipinski definition) is 1. The van der Waals surface area contributed by atoms with E-state index in [4.69, 9.17) is 9.47 Å². The van der Waals surface area contributed by atoms with Crippen LogP contribution < -0.4 is 14.8 Å². The molecule has 0 aliphatic carbocycles. The molecule has 0 saturated carbocycles. The van der Waals surface area contributed by atoms with Crippen molar-refractivity contribution in [3.8, 4) is 29.0 Å². The molecule has 1 amide bonds. The first-order chi connectivity index (χ1) is 14.0. The van der Waals surface area contributed by atoms with Crippen molar-refractivity contribution in [2.24, 2.45) is 13.0 Å². The van der Waals surface area contributed by atoms with Gasteiger partial charge in [-0.15, -0.1) is 0 Å². The fraction of sp³-hybridized carbons (Fsp3) is 0.238. The van der Waals surface area contributed by atoms with Crippen LogP contribution >= 0.6 is 0 Å². The van der Waals surface area contributed by atoms with Crippen LogP contribution in [0.4, 0.5) is 0 Å². The van der Waals surface area contributed by atoms with Crippen LogP contribution in [0.2, 0.25) is 0 Å². The summed E-state index contributed by atoms with van der Waals surface area (Å²) in [5, 5.41) is 12.0. The zero-order chi connectivity index (χ0) is 20.5. The summed E-state index contributed by atoms with van der Waals surface area (Å²) >= 11 is 0. The molecule has 8 nitrogen and oxygen atoms in total. The number of carbonyl (C=O) groups excluding carboxylic acids is 1. The molecule has 1 fully saturated rings. The van der Waals surface area contributed by atoms with Gasteiger partial charge < -0.3 is 19.4 Å². The van der Waals surface area contributed by atoms with Gasteiger partial charge >= 0.3 is 0 Å². The summed E-state index contributed by atoms with van der Waals surface area (Å²) in [5.74, 6) is 1.19. The van der Waals surface area contributed by atoms with Crippen molar-refractivity contribution >= 4 is 16.9 Å². The third-order valence-corrected chi connectivity index (χ3v) is 4.94. The fourth-order valence-corrected chi connectivity index (χ4v) is 3.34. The van der Waals surface area contributed by atoms with E-state index in [1.165, 1.54) is 7.11 Å². The smallest absolute Gasteiger partial charge is 0.246 e. The molecule has 2 aromatic heterocycles. The number of fused-ring (bicyclic) bond motifs is 1. The highest BCUT2D eigenvalue weighted by atomic mass is 16.5. The second-order valence-electron chi connectivity index (χ2n) is 6.84. The predicted molar refractivity (Wildman–Crippen MR) is 106 cm³/mol. The van der Waals surface area contributed by atoms with Gasteiger partial charge in [-0.05, 0) is 18.2 Å². The molecule has 1 aliphatic rings. The van der Waals surface area contributed by atoms with Crippen molar-refractivity contribution in [2.45, 2.75) is 6.42 Å². The highest BCUT2D eigenvalue weighted by Gasteiger charge is 2.26. The maximum Gasteiger partial charge on any atom is 0.246 e. The Morgan fingerprint density at radius 2 is 2.24 bits per heavy atom. The topological polar surface area (TPSA) is 102 Å². The first kappa shape index (κ1) is 18.5. The van der Waals surface area contributed by atoms with E-state index in [0.717, 1.165) is 11.1 Å². The van der Waals surface area contributed by atoms with Crippen molar-refractivity contribution in [3.63, 3.8) is 0 Å². The van der Waals surface area contributed by atoms with E-state index >= 15 is 0 Å². The highest BCUT2D eigenvalue weighted by molar-refractivity contribution is 5.85. The number of aryl methyl sites for hydroxylation is 1. The molecule has 8 heteroatoms. The minimum atomic E-state index is -0.105. The molecule has 29 heavy (non-hydrogen) atoms. The average molecular weight is 389 g/mol. The van der Waals surface area contributed by atoms with Crippen LogP contribution in [-0.2, 0) is 11.8 Å². The van der Waals surface area contributed by atoms with Crippen molar-refractivity contribution < 1.29 is 14.3 Å². The summed E-state index contributed by atoms with van der Waals surface area (Å²) in [4.78, 5) is 20.6. The normalized spacial score (nSPS) is 15.8. The van der Waals surface area contributed by atoms with E-state index in [2.05, 4.69) is 27.9 Å². The molecule has 1 atom stereocenters. The SMILES string of the molecule is C=C(Oc1nc(-c2ccc(C#N)c(OC)c2)cc2ncn(C)c12)[C@H]1CNC(=O)C1. The van der Waals surface area contributed by atoms with Crippen LogP contribution in [0.3, 0.4) is 0 Å². The van der Waals surface area contributed by atoms with E-state index < -0.39 is 0 Å². The van der Waals surface area contributed by atoms with E-state index in [9.17, 15) is 10.1 Å². The quantitative estimate of drug-likeness (QED) is 0.673. The molecule has 146 valence electrons. The Kier molecular flexibility index (Phi) is 4.64. The van der Waals surface area contributed by atoms with Crippen molar-refractivity contribution in [2.75, 3.05) is 13.7 Å². The molecule has 1 aliphatic heterocycles. The first-order valence-electron chi connectivity index (χ1n) is 9.04. The Balaban J connectivity index is 1.76. The summed E-state index contributed by atoms with van der Waals surface area (Å²) in [7, 11) is 3.38. The summed E-state index contributed by atoms with van der Waals surface area (Å²) in [6, 6.07) is 9.20. The number of hydrogen-bond acceptors (Lipinski definition) is 6. The number of nitrogens with zero attached hydrogens (tertiary/aromatic N) is 4. The number of aromatic nitrogens is 3. The molecule has 1 aromatic carbocycles. The number of nitrogens with one attached hydrogen (secondary N) is 1. The summed E-state index contributed by atoms with van der Waals surface area (Å²) in [5.41, 5.74) is 3.28. The zero-order valence-electron chi connectivity index (χ0n) is 16.1. The molecule has 0 radical (unpaired) electrons. The van der Waals surface area contributed by atoms with E-state index in [1.807, 2.05) is 17.7 Å². The van der Waals surface area contributed by atoms with Gasteiger partial charge in [0.1, 0.15) is 23.1 Å². The minimum absolute atomic E-state index is 0.0168. The summed E-state index contributed by atoms with van der Waals surface area (Å²) in [6.45, 7) is 4.50. The molecule has 1 N–H and O–H groups in total. The number of methoxy groups -OCH3 is 1. The fourth-order valence-electron chi connectivity index (χ4n) is 3.34. The summed E-state index contributed by atoms with van der Waals surface area (Å²) < 4.78 is 13.2. The van der Waals surface area contributed by atoms with E-state index in [1.54, 1.807) is 24.5 Å². The van der Waals surface area contributed by atoms with Gasteiger partial charge in [0.15, 0.2) is 0 Å². The number of rotatable bonds is 5. The minimum Gasteiger partial charge on any atom is -0.495 e. The van der Waals surface area contributed by atoms with Crippen LogP contribution in [0.5, 0.6) is 11.6 Å². The number of amides is 1. The van der Waals surface area contributed by atoms with Crippen LogP contribution in [0, 0.1) is 17.2 Å². The van der Waals surface area contributed by atoms with Crippen molar-refractivity contribution in [1.82, 2.24) is 19.9 Å². The Hall–Kier alpha value is -3.86. The number of benzene rings is 1. The van der Waals surface area contributed by atoms with Crippen LogP contribution in [0.15, 0.2) is 42.9 Å². The Bertz CT molecular complexity index is 1180. The number of nitriles is 1. The second-order valence-corrected chi connectivity index (χ2v) is 6.84. The lowest BCUT2D eigenvalue weighted by Gasteiger charge is -2.15. The molecule has 0 spiro atoms. The van der Waals surface area contributed by atoms with Crippen LogP contribution in [0.25, 0.3) is 22.3 Å².